The molecule has 3 aromatic carbocycles. The lowest BCUT2D eigenvalue weighted by Gasteiger charge is -2.20. The lowest BCUT2D eigenvalue weighted by Crippen LogP contribution is -2.32. The molecule has 148 valence electrons. The molecule has 0 radical (unpaired) electrons. The number of carbonyl (C=O) groups is 1. The van der Waals surface area contributed by atoms with E-state index in [0.717, 1.165) is 22.4 Å². The number of nitrogens with zero attached hydrogens (tertiary/aromatic N) is 1. The Labute approximate surface area is 175 Å². The Morgan fingerprint density at radius 3 is 2.48 bits per heavy atom. The molecule has 4 rings (SSSR count). The van der Waals surface area contributed by atoms with Gasteiger partial charge in [-0.2, -0.15) is 0 Å². The zero-order valence-corrected chi connectivity index (χ0v) is 16.8. The number of ether oxygens (including phenoxy) is 2. The van der Waals surface area contributed by atoms with E-state index in [1.165, 1.54) is 0 Å². The van der Waals surface area contributed by atoms with E-state index in [-0.39, 0.29) is 5.91 Å². The molecule has 1 amide bonds. The third kappa shape index (κ3) is 4.97. The Kier molecular flexibility index (Phi) is 6.13. The molecule has 1 heterocycles. The number of halogens is 1. The molecule has 0 aromatic heterocycles. The number of carbonyl (C=O) groups excluding carboxylic acids is 1. The van der Waals surface area contributed by atoms with Gasteiger partial charge in [-0.3, -0.25) is 4.79 Å². The third-order valence-electron chi connectivity index (χ3n) is 4.86. The van der Waals surface area contributed by atoms with Crippen LogP contribution in [0.15, 0.2) is 72.8 Å². The van der Waals surface area contributed by atoms with Gasteiger partial charge in [-0.1, -0.05) is 48.0 Å². The summed E-state index contributed by atoms with van der Waals surface area (Å²) in [5, 5.41) is 0.717. The van der Waals surface area contributed by atoms with E-state index in [1.54, 1.807) is 0 Å². The Bertz CT molecular complexity index is 973. The van der Waals surface area contributed by atoms with Crippen molar-refractivity contribution in [3.8, 4) is 5.75 Å². The first-order valence-corrected chi connectivity index (χ1v) is 9.98. The van der Waals surface area contributed by atoms with Crippen LogP contribution in [0.3, 0.4) is 0 Å². The highest BCUT2D eigenvalue weighted by Gasteiger charge is 2.21. The van der Waals surface area contributed by atoms with E-state index < -0.39 is 0 Å². The third-order valence-corrected chi connectivity index (χ3v) is 5.12. The number of rotatable bonds is 5. The summed E-state index contributed by atoms with van der Waals surface area (Å²) in [5.41, 5.74) is 3.82. The molecule has 0 spiro atoms. The zero-order chi connectivity index (χ0) is 20.1. The van der Waals surface area contributed by atoms with Gasteiger partial charge in [-0.05, 0) is 47.5 Å². The summed E-state index contributed by atoms with van der Waals surface area (Å²) in [4.78, 5) is 14.7. The van der Waals surface area contributed by atoms with E-state index in [0.29, 0.717) is 43.5 Å². The molecular weight excluding hydrogens is 386 g/mol. The molecule has 1 aliphatic rings. The Morgan fingerprint density at radius 1 is 0.966 bits per heavy atom. The summed E-state index contributed by atoms with van der Waals surface area (Å²) >= 11 is 5.91. The van der Waals surface area contributed by atoms with Gasteiger partial charge in [-0.15, -0.1) is 0 Å². The molecule has 0 aliphatic carbocycles. The van der Waals surface area contributed by atoms with Crippen molar-refractivity contribution in [1.82, 2.24) is 4.90 Å². The van der Waals surface area contributed by atoms with E-state index in [2.05, 4.69) is 6.07 Å². The van der Waals surface area contributed by atoms with Crippen LogP contribution in [0.25, 0.3) is 0 Å². The number of benzene rings is 3. The van der Waals surface area contributed by atoms with Gasteiger partial charge in [0, 0.05) is 22.7 Å². The molecule has 5 heteroatoms. The van der Waals surface area contributed by atoms with E-state index in [9.17, 15) is 4.79 Å². The molecule has 1 aliphatic heterocycles. The number of amides is 1. The average Bonchev–Trinajstić information content (AvgIpc) is 2.97. The van der Waals surface area contributed by atoms with E-state index in [1.807, 2.05) is 71.6 Å². The number of hydrogen-bond acceptors (Lipinski definition) is 3. The molecule has 0 fully saturated rings. The fourth-order valence-electron chi connectivity index (χ4n) is 3.34. The maximum Gasteiger partial charge on any atom is 0.254 e. The maximum atomic E-state index is 12.8. The first kappa shape index (κ1) is 19.5. The lowest BCUT2D eigenvalue weighted by molar-refractivity contribution is 0.0733. The predicted octanol–water partition coefficient (Wildman–Crippen LogP) is 5.09. The summed E-state index contributed by atoms with van der Waals surface area (Å²) in [6.07, 6.45) is 0. The molecule has 3 aromatic rings. The van der Waals surface area contributed by atoms with Gasteiger partial charge in [0.25, 0.3) is 5.91 Å². The molecule has 29 heavy (non-hydrogen) atoms. The first-order valence-electron chi connectivity index (χ1n) is 9.60. The summed E-state index contributed by atoms with van der Waals surface area (Å²) in [6.45, 7) is 2.57. The van der Waals surface area contributed by atoms with Crippen LogP contribution in [0.2, 0.25) is 5.02 Å². The molecule has 0 N–H and O–H groups in total. The lowest BCUT2D eigenvalue weighted by atomic mass is 10.1. The second-order valence-electron chi connectivity index (χ2n) is 7.00. The van der Waals surface area contributed by atoms with Gasteiger partial charge < -0.3 is 14.4 Å². The molecule has 0 saturated heterocycles. The average molecular weight is 408 g/mol. The van der Waals surface area contributed by atoms with Crippen molar-refractivity contribution < 1.29 is 14.3 Å². The monoisotopic (exact) mass is 407 g/mol. The minimum atomic E-state index is 0.0199. The van der Waals surface area contributed by atoms with Crippen molar-refractivity contribution in [3.63, 3.8) is 0 Å². The van der Waals surface area contributed by atoms with Crippen LogP contribution in [-0.4, -0.2) is 24.0 Å². The highest BCUT2D eigenvalue weighted by molar-refractivity contribution is 6.30. The summed E-state index contributed by atoms with van der Waals surface area (Å²) < 4.78 is 11.7. The summed E-state index contributed by atoms with van der Waals surface area (Å²) in [5.74, 6) is 0.848. The SMILES string of the molecule is O=C(c1ccccc1)N1CCOc2ccc(COCc3ccc(Cl)cc3)cc2C1. The van der Waals surface area contributed by atoms with Gasteiger partial charge in [-0.25, -0.2) is 0 Å². The second kappa shape index (κ2) is 9.12. The van der Waals surface area contributed by atoms with Crippen LogP contribution in [0.4, 0.5) is 0 Å². The first-order chi connectivity index (χ1) is 14.2. The highest BCUT2D eigenvalue weighted by Crippen LogP contribution is 2.26. The minimum Gasteiger partial charge on any atom is -0.491 e. The van der Waals surface area contributed by atoms with Gasteiger partial charge in [0.05, 0.1) is 19.8 Å². The van der Waals surface area contributed by atoms with Crippen LogP contribution in [0.5, 0.6) is 5.75 Å². The van der Waals surface area contributed by atoms with E-state index >= 15 is 0 Å². The van der Waals surface area contributed by atoms with Crippen molar-refractivity contribution in [2.45, 2.75) is 19.8 Å². The summed E-state index contributed by atoms with van der Waals surface area (Å²) in [6, 6.07) is 23.0. The van der Waals surface area contributed by atoms with Crippen LogP contribution in [0.1, 0.15) is 27.0 Å². The fraction of sp³-hybridized carbons (Fsp3) is 0.208. The van der Waals surface area contributed by atoms with Crippen molar-refractivity contribution >= 4 is 17.5 Å². The normalized spacial score (nSPS) is 13.3. The van der Waals surface area contributed by atoms with Crippen molar-refractivity contribution in [2.24, 2.45) is 0 Å². The van der Waals surface area contributed by atoms with Gasteiger partial charge >= 0.3 is 0 Å². The maximum absolute atomic E-state index is 12.8. The van der Waals surface area contributed by atoms with Gasteiger partial charge in [0.15, 0.2) is 0 Å². The number of hydrogen-bond donors (Lipinski definition) is 0. The highest BCUT2D eigenvalue weighted by atomic mass is 35.5. The number of fused-ring (bicyclic) bond motifs is 1. The van der Waals surface area contributed by atoms with Crippen LogP contribution in [-0.2, 0) is 24.5 Å². The van der Waals surface area contributed by atoms with Gasteiger partial charge in [0.2, 0.25) is 0 Å². The smallest absolute Gasteiger partial charge is 0.254 e. The van der Waals surface area contributed by atoms with E-state index in [4.69, 9.17) is 21.1 Å². The van der Waals surface area contributed by atoms with Crippen molar-refractivity contribution in [1.29, 1.82) is 0 Å². The van der Waals surface area contributed by atoms with Crippen LogP contribution in [0, 0.1) is 0 Å². The zero-order valence-electron chi connectivity index (χ0n) is 16.0. The molecule has 4 nitrogen and oxygen atoms in total. The van der Waals surface area contributed by atoms with Crippen molar-refractivity contribution in [3.05, 3.63) is 100 Å². The molecule has 0 saturated carbocycles. The molecule has 0 atom stereocenters. The predicted molar refractivity (Wildman–Crippen MR) is 113 cm³/mol. The largest absolute Gasteiger partial charge is 0.491 e. The second-order valence-corrected chi connectivity index (χ2v) is 7.44. The minimum absolute atomic E-state index is 0.0199. The van der Waals surface area contributed by atoms with Crippen LogP contribution < -0.4 is 4.74 Å². The quantitative estimate of drug-likeness (QED) is 0.591. The standard InChI is InChI=1S/C24H22ClNO3/c25-22-9-6-18(7-10-22)16-28-17-19-8-11-23-21(14-19)15-26(12-13-29-23)24(27)20-4-2-1-3-5-20/h1-11,14H,12-13,15-17H2. The molecule has 0 unspecified atom stereocenters. The summed E-state index contributed by atoms with van der Waals surface area (Å²) in [7, 11) is 0. The van der Waals surface area contributed by atoms with Gasteiger partial charge in [0.1, 0.15) is 12.4 Å². The molecule has 0 bridgehead atoms. The Hall–Kier alpha value is -2.82. The molecular formula is C24H22ClNO3. The Balaban J connectivity index is 1.42. The Morgan fingerprint density at radius 2 is 1.69 bits per heavy atom. The fourth-order valence-corrected chi connectivity index (χ4v) is 3.47. The van der Waals surface area contributed by atoms with Crippen LogP contribution >= 0.6 is 11.6 Å². The van der Waals surface area contributed by atoms with Crippen molar-refractivity contribution in [2.75, 3.05) is 13.2 Å². The topological polar surface area (TPSA) is 38.8 Å².